The van der Waals surface area contributed by atoms with Gasteiger partial charge in [0.1, 0.15) is 11.9 Å². The van der Waals surface area contributed by atoms with E-state index in [0.29, 0.717) is 25.6 Å². The Labute approximate surface area is 139 Å². The molecule has 1 atom stereocenters. The number of nitrogens with one attached hydrogen (secondary N) is 1. The highest BCUT2D eigenvalue weighted by molar-refractivity contribution is 5.75. The van der Waals surface area contributed by atoms with E-state index in [2.05, 4.69) is 31.1 Å². The molecule has 1 fully saturated rings. The summed E-state index contributed by atoms with van der Waals surface area (Å²) >= 11 is 0. The smallest absolute Gasteiger partial charge is 0.317 e. The molecule has 1 aromatic carbocycles. The summed E-state index contributed by atoms with van der Waals surface area (Å²) in [6.07, 6.45) is 0.103. The predicted molar refractivity (Wildman–Crippen MR) is 92.9 cm³/mol. The number of aryl methyl sites for hydroxylation is 1. The van der Waals surface area contributed by atoms with Gasteiger partial charge in [-0.3, -0.25) is 0 Å². The Hall–Kier alpha value is -1.75. The number of nitrogens with zero attached hydrogens (tertiary/aromatic N) is 2. The van der Waals surface area contributed by atoms with Crippen molar-refractivity contribution in [1.82, 2.24) is 15.1 Å². The molecular formula is C18H29N3O2. The first-order valence-corrected chi connectivity index (χ1v) is 8.42. The molecule has 1 aliphatic rings. The summed E-state index contributed by atoms with van der Waals surface area (Å²) in [5.41, 5.74) is 1.18. The minimum absolute atomic E-state index is 0.0140. The van der Waals surface area contributed by atoms with E-state index in [1.54, 1.807) is 4.90 Å². The van der Waals surface area contributed by atoms with Gasteiger partial charge in [-0.25, -0.2) is 4.79 Å². The van der Waals surface area contributed by atoms with Gasteiger partial charge in [0.05, 0.1) is 13.1 Å². The highest BCUT2D eigenvalue weighted by Crippen LogP contribution is 2.19. The van der Waals surface area contributed by atoms with E-state index in [4.69, 9.17) is 4.74 Å². The first-order valence-electron chi connectivity index (χ1n) is 8.42. The van der Waals surface area contributed by atoms with Crippen LogP contribution in [0.5, 0.6) is 5.75 Å². The van der Waals surface area contributed by atoms with Gasteiger partial charge in [-0.2, -0.15) is 0 Å². The monoisotopic (exact) mass is 319 g/mol. The van der Waals surface area contributed by atoms with E-state index in [-0.39, 0.29) is 12.1 Å². The molecule has 1 aromatic rings. The second-order valence-electron chi connectivity index (χ2n) is 6.61. The Morgan fingerprint density at radius 3 is 2.87 bits per heavy atom. The predicted octanol–water partition coefficient (Wildman–Crippen LogP) is 2.36. The number of ether oxygens (including phenoxy) is 1. The van der Waals surface area contributed by atoms with Crippen molar-refractivity contribution in [3.8, 4) is 5.75 Å². The maximum atomic E-state index is 12.1. The van der Waals surface area contributed by atoms with Gasteiger partial charge in [0, 0.05) is 13.1 Å². The summed E-state index contributed by atoms with van der Waals surface area (Å²) in [6.45, 7) is 10.4. The summed E-state index contributed by atoms with van der Waals surface area (Å²) in [6, 6.07) is 8.03. The molecule has 1 aliphatic heterocycles. The average molecular weight is 319 g/mol. The quantitative estimate of drug-likeness (QED) is 0.839. The number of carbonyl (C=O) groups excluding carboxylic acids is 1. The molecule has 128 valence electrons. The summed E-state index contributed by atoms with van der Waals surface area (Å²) < 4.78 is 5.88. The number of carbonyl (C=O) groups is 1. The standard InChI is InChI=1S/C18H29N3O2/c1-5-20(4)11-15(3)10-19-18(22)21-12-17(13-21)23-16-8-6-7-14(2)9-16/h6-9,15,17H,5,10-13H2,1-4H3,(H,19,22)/t15-/m0/s1. The number of likely N-dealkylation sites (tertiary alicyclic amines) is 1. The summed E-state index contributed by atoms with van der Waals surface area (Å²) in [4.78, 5) is 16.1. The zero-order chi connectivity index (χ0) is 16.8. The topological polar surface area (TPSA) is 44.8 Å². The summed E-state index contributed by atoms with van der Waals surface area (Å²) in [5.74, 6) is 1.33. The van der Waals surface area contributed by atoms with Gasteiger partial charge in [-0.15, -0.1) is 0 Å². The lowest BCUT2D eigenvalue weighted by Gasteiger charge is -2.39. The van der Waals surface area contributed by atoms with Crippen LogP contribution in [0.3, 0.4) is 0 Å². The van der Waals surface area contributed by atoms with E-state index >= 15 is 0 Å². The van der Waals surface area contributed by atoms with Crippen LogP contribution < -0.4 is 10.1 Å². The minimum atomic E-state index is 0.0140. The second-order valence-corrected chi connectivity index (χ2v) is 6.61. The molecule has 1 N–H and O–H groups in total. The van der Waals surface area contributed by atoms with E-state index in [1.165, 1.54) is 5.56 Å². The van der Waals surface area contributed by atoms with E-state index < -0.39 is 0 Å². The third-order valence-electron chi connectivity index (χ3n) is 4.19. The van der Waals surface area contributed by atoms with Crippen LogP contribution >= 0.6 is 0 Å². The molecule has 1 saturated heterocycles. The fourth-order valence-electron chi connectivity index (χ4n) is 2.66. The molecule has 5 nitrogen and oxygen atoms in total. The van der Waals surface area contributed by atoms with Crippen LogP contribution in [0.4, 0.5) is 4.79 Å². The van der Waals surface area contributed by atoms with Crippen molar-refractivity contribution in [2.24, 2.45) is 5.92 Å². The highest BCUT2D eigenvalue weighted by atomic mass is 16.5. The van der Waals surface area contributed by atoms with E-state index in [0.717, 1.165) is 18.8 Å². The second kappa shape index (κ2) is 8.20. The molecule has 0 radical (unpaired) electrons. The maximum Gasteiger partial charge on any atom is 0.317 e. The largest absolute Gasteiger partial charge is 0.487 e. The third-order valence-corrected chi connectivity index (χ3v) is 4.19. The van der Waals surface area contributed by atoms with Gasteiger partial charge >= 0.3 is 6.03 Å². The summed E-state index contributed by atoms with van der Waals surface area (Å²) in [7, 11) is 2.10. The van der Waals surface area contributed by atoms with Crippen LogP contribution in [-0.2, 0) is 0 Å². The first kappa shape index (κ1) is 17.6. The lowest BCUT2D eigenvalue weighted by Crippen LogP contribution is -2.59. The van der Waals surface area contributed by atoms with E-state index in [1.807, 2.05) is 31.2 Å². The number of urea groups is 1. The Bertz CT molecular complexity index is 515. The van der Waals surface area contributed by atoms with Crippen LogP contribution in [0.1, 0.15) is 19.4 Å². The molecule has 1 heterocycles. The molecule has 0 saturated carbocycles. The highest BCUT2D eigenvalue weighted by Gasteiger charge is 2.32. The van der Waals surface area contributed by atoms with Gasteiger partial charge in [-0.1, -0.05) is 26.0 Å². The normalized spacial score (nSPS) is 16.1. The third kappa shape index (κ3) is 5.43. The van der Waals surface area contributed by atoms with Crippen molar-refractivity contribution in [2.45, 2.75) is 26.9 Å². The van der Waals surface area contributed by atoms with Gasteiger partial charge in [-0.05, 0) is 44.1 Å². The molecule has 0 aromatic heterocycles. The first-order chi connectivity index (χ1) is 11.0. The fourth-order valence-corrected chi connectivity index (χ4v) is 2.66. The van der Waals surface area contributed by atoms with Gasteiger partial charge in [0.2, 0.25) is 0 Å². The number of hydrogen-bond acceptors (Lipinski definition) is 3. The maximum absolute atomic E-state index is 12.1. The van der Waals surface area contributed by atoms with Crippen LogP contribution in [-0.4, -0.2) is 61.7 Å². The Balaban J connectivity index is 1.65. The average Bonchev–Trinajstić information content (AvgIpc) is 2.48. The number of rotatable bonds is 7. The molecule has 0 aliphatic carbocycles. The Kier molecular flexibility index (Phi) is 6.28. The summed E-state index contributed by atoms with van der Waals surface area (Å²) in [5, 5.41) is 3.01. The fraction of sp³-hybridized carbons (Fsp3) is 0.611. The lowest BCUT2D eigenvalue weighted by atomic mass is 10.1. The molecule has 5 heteroatoms. The van der Waals surface area contributed by atoms with Crippen molar-refractivity contribution >= 4 is 6.03 Å². The number of hydrogen-bond donors (Lipinski definition) is 1. The lowest BCUT2D eigenvalue weighted by molar-refractivity contribution is 0.0440. The zero-order valence-electron chi connectivity index (χ0n) is 14.7. The number of benzene rings is 1. The Morgan fingerprint density at radius 1 is 1.48 bits per heavy atom. The Morgan fingerprint density at radius 2 is 2.22 bits per heavy atom. The van der Waals surface area contributed by atoms with Crippen LogP contribution in [0.15, 0.2) is 24.3 Å². The van der Waals surface area contributed by atoms with Crippen molar-refractivity contribution in [2.75, 3.05) is 39.8 Å². The zero-order valence-corrected chi connectivity index (χ0v) is 14.7. The van der Waals surface area contributed by atoms with Gasteiger partial charge < -0.3 is 19.9 Å². The molecule has 0 unspecified atom stereocenters. The van der Waals surface area contributed by atoms with Gasteiger partial charge in [0.15, 0.2) is 0 Å². The minimum Gasteiger partial charge on any atom is -0.487 e. The molecule has 2 rings (SSSR count). The van der Waals surface area contributed by atoms with Crippen molar-refractivity contribution < 1.29 is 9.53 Å². The van der Waals surface area contributed by atoms with Crippen LogP contribution in [0.2, 0.25) is 0 Å². The SMILES string of the molecule is CCN(C)C[C@@H](C)CNC(=O)N1CC(Oc2cccc(C)c2)C1. The molecule has 0 bridgehead atoms. The van der Waals surface area contributed by atoms with E-state index in [9.17, 15) is 4.79 Å². The molecule has 0 spiro atoms. The van der Waals surface area contributed by atoms with Crippen molar-refractivity contribution in [3.05, 3.63) is 29.8 Å². The molecule has 2 amide bonds. The van der Waals surface area contributed by atoms with Crippen LogP contribution in [0, 0.1) is 12.8 Å². The molecule has 23 heavy (non-hydrogen) atoms. The van der Waals surface area contributed by atoms with Gasteiger partial charge in [0.25, 0.3) is 0 Å². The number of amides is 2. The molecular weight excluding hydrogens is 290 g/mol. The van der Waals surface area contributed by atoms with Crippen LogP contribution in [0.25, 0.3) is 0 Å². The van der Waals surface area contributed by atoms with Crippen molar-refractivity contribution in [1.29, 1.82) is 0 Å². The van der Waals surface area contributed by atoms with Crippen molar-refractivity contribution in [3.63, 3.8) is 0 Å².